The van der Waals surface area contributed by atoms with E-state index in [1.807, 2.05) is 0 Å². The van der Waals surface area contributed by atoms with Gasteiger partial charge in [0.15, 0.2) is 0 Å². The second kappa shape index (κ2) is 4.35. The van der Waals surface area contributed by atoms with Crippen molar-refractivity contribution in [2.45, 2.75) is 24.6 Å². The van der Waals surface area contributed by atoms with E-state index in [9.17, 15) is 8.60 Å². The molecule has 0 spiro atoms. The standard InChI is InChI=1S/C12H16FN3OS/c1-12(2)11(15)16-10(6-18(12)17)8-5-7(14)3-4-9(8)13/h3-5,10H,6,14H2,1-2H3,(H2,15,16). The molecule has 4 nitrogen and oxygen atoms in total. The summed E-state index contributed by atoms with van der Waals surface area (Å²) in [7, 11) is -1.19. The van der Waals surface area contributed by atoms with Crippen LogP contribution in [0.4, 0.5) is 10.1 Å². The van der Waals surface area contributed by atoms with Gasteiger partial charge >= 0.3 is 0 Å². The van der Waals surface area contributed by atoms with Gasteiger partial charge in [-0.1, -0.05) is 0 Å². The second-order valence-electron chi connectivity index (χ2n) is 4.83. The average molecular weight is 269 g/mol. The third kappa shape index (κ3) is 2.12. The predicted octanol–water partition coefficient (Wildman–Crippen LogP) is 1.35. The highest BCUT2D eigenvalue weighted by atomic mass is 32.2. The minimum Gasteiger partial charge on any atom is -0.399 e. The Kier molecular flexibility index (Phi) is 3.14. The fourth-order valence-corrected chi connectivity index (χ4v) is 3.05. The molecule has 0 amide bonds. The molecule has 1 aliphatic heterocycles. The van der Waals surface area contributed by atoms with Gasteiger partial charge in [-0.2, -0.15) is 0 Å². The molecule has 1 aliphatic rings. The number of nitrogens with two attached hydrogens (primary N) is 2. The maximum atomic E-state index is 13.7. The van der Waals surface area contributed by atoms with Crippen LogP contribution in [0.3, 0.4) is 0 Å². The minimum atomic E-state index is -1.19. The van der Waals surface area contributed by atoms with E-state index in [0.717, 1.165) is 0 Å². The lowest BCUT2D eigenvalue weighted by Crippen LogP contribution is -2.47. The van der Waals surface area contributed by atoms with Gasteiger partial charge in [0, 0.05) is 22.1 Å². The van der Waals surface area contributed by atoms with E-state index in [1.54, 1.807) is 13.8 Å². The zero-order chi connectivity index (χ0) is 13.5. The molecule has 0 saturated carbocycles. The molecule has 4 N–H and O–H groups in total. The number of rotatable bonds is 1. The second-order valence-corrected chi connectivity index (χ2v) is 6.88. The lowest BCUT2D eigenvalue weighted by Gasteiger charge is -2.31. The van der Waals surface area contributed by atoms with Crippen molar-refractivity contribution in [3.63, 3.8) is 0 Å². The zero-order valence-corrected chi connectivity index (χ0v) is 11.1. The zero-order valence-electron chi connectivity index (χ0n) is 10.3. The Morgan fingerprint density at radius 2 is 2.11 bits per heavy atom. The summed E-state index contributed by atoms with van der Waals surface area (Å²) in [5.74, 6) is 0.148. The van der Waals surface area contributed by atoms with Crippen molar-refractivity contribution >= 4 is 22.3 Å². The van der Waals surface area contributed by atoms with Crippen LogP contribution in [0.25, 0.3) is 0 Å². The van der Waals surface area contributed by atoms with Crippen molar-refractivity contribution in [2.75, 3.05) is 11.5 Å². The molecule has 0 saturated heterocycles. The SMILES string of the molecule is CC1(C)C(N)=NC(c2cc(N)ccc2F)CS1=O. The third-order valence-corrected chi connectivity index (χ3v) is 5.14. The van der Waals surface area contributed by atoms with Crippen LogP contribution in [0.15, 0.2) is 23.2 Å². The van der Waals surface area contributed by atoms with Crippen LogP contribution in [0.2, 0.25) is 0 Å². The van der Waals surface area contributed by atoms with Crippen LogP contribution >= 0.6 is 0 Å². The summed E-state index contributed by atoms with van der Waals surface area (Å²) < 4.78 is 25.2. The molecule has 1 heterocycles. The Labute approximate surface area is 108 Å². The molecule has 1 aromatic carbocycles. The fraction of sp³-hybridized carbons (Fsp3) is 0.417. The van der Waals surface area contributed by atoms with Crippen LogP contribution in [-0.4, -0.2) is 20.5 Å². The first-order valence-electron chi connectivity index (χ1n) is 5.59. The quantitative estimate of drug-likeness (QED) is 0.755. The Morgan fingerprint density at radius 3 is 2.72 bits per heavy atom. The molecule has 0 fully saturated rings. The maximum absolute atomic E-state index is 13.7. The van der Waals surface area contributed by atoms with E-state index in [2.05, 4.69) is 4.99 Å². The first-order valence-corrected chi connectivity index (χ1v) is 6.91. The fourth-order valence-electron chi connectivity index (χ4n) is 1.81. The topological polar surface area (TPSA) is 81.5 Å². The molecule has 18 heavy (non-hydrogen) atoms. The molecule has 6 heteroatoms. The smallest absolute Gasteiger partial charge is 0.128 e. The normalized spacial score (nSPS) is 26.7. The van der Waals surface area contributed by atoms with Gasteiger partial charge in [-0.15, -0.1) is 0 Å². The number of halogens is 1. The summed E-state index contributed by atoms with van der Waals surface area (Å²) in [5.41, 5.74) is 12.3. The summed E-state index contributed by atoms with van der Waals surface area (Å²) in [5, 5.41) is 0. The van der Waals surface area contributed by atoms with Crippen LogP contribution in [0.5, 0.6) is 0 Å². The molecule has 0 aromatic heterocycles. The van der Waals surface area contributed by atoms with Crippen LogP contribution in [0, 0.1) is 5.82 Å². The van der Waals surface area contributed by atoms with Crippen LogP contribution in [0.1, 0.15) is 25.5 Å². The molecule has 2 atom stereocenters. The Morgan fingerprint density at radius 1 is 1.44 bits per heavy atom. The van der Waals surface area contributed by atoms with Crippen molar-refractivity contribution < 1.29 is 8.60 Å². The van der Waals surface area contributed by atoms with Crippen molar-refractivity contribution in [1.29, 1.82) is 0 Å². The van der Waals surface area contributed by atoms with Crippen LogP contribution in [-0.2, 0) is 10.8 Å². The number of hydrogen-bond donors (Lipinski definition) is 2. The molecule has 1 aromatic rings. The summed E-state index contributed by atoms with van der Waals surface area (Å²) in [4.78, 5) is 4.26. The minimum absolute atomic E-state index is 0.258. The summed E-state index contributed by atoms with van der Waals surface area (Å²) >= 11 is 0. The molecule has 0 bridgehead atoms. The third-order valence-electron chi connectivity index (χ3n) is 3.17. The predicted molar refractivity (Wildman–Crippen MR) is 72.3 cm³/mol. The first kappa shape index (κ1) is 13.0. The highest BCUT2D eigenvalue weighted by Gasteiger charge is 2.37. The number of nitrogen functional groups attached to an aromatic ring is 1. The molecule has 98 valence electrons. The van der Waals surface area contributed by atoms with Crippen LogP contribution < -0.4 is 11.5 Å². The first-order chi connectivity index (χ1) is 8.32. The van der Waals surface area contributed by atoms with Crippen molar-refractivity contribution in [3.05, 3.63) is 29.6 Å². The molecule has 2 unspecified atom stereocenters. The maximum Gasteiger partial charge on any atom is 0.128 e. The number of anilines is 1. The number of nitrogens with zero attached hydrogens (tertiary/aromatic N) is 1. The monoisotopic (exact) mass is 269 g/mol. The number of amidine groups is 1. The Hall–Kier alpha value is -1.43. The Balaban J connectivity index is 2.45. The van der Waals surface area contributed by atoms with Gasteiger partial charge in [0.25, 0.3) is 0 Å². The number of benzene rings is 1. The van der Waals surface area contributed by atoms with Gasteiger partial charge in [0.1, 0.15) is 11.7 Å². The van der Waals surface area contributed by atoms with Crippen molar-refractivity contribution in [1.82, 2.24) is 0 Å². The van der Waals surface area contributed by atoms with Gasteiger partial charge < -0.3 is 11.5 Å². The van der Waals surface area contributed by atoms with E-state index in [4.69, 9.17) is 11.5 Å². The molecular formula is C12H16FN3OS. The number of aliphatic imine (C=N–C) groups is 1. The van der Waals surface area contributed by atoms with Gasteiger partial charge in [-0.05, 0) is 32.0 Å². The van der Waals surface area contributed by atoms with Gasteiger partial charge in [0.2, 0.25) is 0 Å². The molecular weight excluding hydrogens is 253 g/mol. The van der Waals surface area contributed by atoms with E-state index in [-0.39, 0.29) is 5.75 Å². The number of hydrogen-bond acceptors (Lipinski definition) is 4. The highest BCUT2D eigenvalue weighted by Crippen LogP contribution is 2.31. The van der Waals surface area contributed by atoms with Gasteiger partial charge in [-0.25, -0.2) is 4.39 Å². The van der Waals surface area contributed by atoms with E-state index < -0.39 is 27.4 Å². The van der Waals surface area contributed by atoms with Crippen molar-refractivity contribution in [2.24, 2.45) is 10.7 Å². The van der Waals surface area contributed by atoms with E-state index in [1.165, 1.54) is 18.2 Å². The summed E-state index contributed by atoms with van der Waals surface area (Å²) in [6.07, 6.45) is 0. The van der Waals surface area contributed by atoms with Gasteiger partial charge in [-0.3, -0.25) is 9.20 Å². The van der Waals surface area contributed by atoms with E-state index in [0.29, 0.717) is 17.1 Å². The average Bonchev–Trinajstić information content (AvgIpc) is 2.29. The summed E-state index contributed by atoms with van der Waals surface area (Å²) in [6.45, 7) is 3.54. The molecule has 0 aliphatic carbocycles. The molecule has 2 rings (SSSR count). The Bertz CT molecular complexity index is 542. The lowest BCUT2D eigenvalue weighted by atomic mass is 10.1. The highest BCUT2D eigenvalue weighted by molar-refractivity contribution is 7.87. The largest absolute Gasteiger partial charge is 0.399 e. The van der Waals surface area contributed by atoms with Crippen molar-refractivity contribution in [3.8, 4) is 0 Å². The van der Waals surface area contributed by atoms with E-state index >= 15 is 0 Å². The molecule has 0 radical (unpaired) electrons. The van der Waals surface area contributed by atoms with Gasteiger partial charge in [0.05, 0.1) is 16.5 Å². The summed E-state index contributed by atoms with van der Waals surface area (Å²) in [6, 6.07) is 3.77. The lowest BCUT2D eigenvalue weighted by molar-refractivity contribution is 0.588.